The van der Waals surface area contributed by atoms with Crippen LogP contribution in [0.5, 0.6) is 5.75 Å². The molecule has 0 aliphatic heterocycles. The Kier molecular flexibility index (Phi) is 10.8. The maximum atomic E-state index is 12.3. The summed E-state index contributed by atoms with van der Waals surface area (Å²) >= 11 is 7.90. The van der Waals surface area contributed by atoms with Gasteiger partial charge in [-0.1, -0.05) is 54.6 Å². The predicted octanol–water partition coefficient (Wildman–Crippen LogP) is 4.72. The van der Waals surface area contributed by atoms with Gasteiger partial charge in [0.05, 0.1) is 17.1 Å². The number of ketones is 2. The molecule has 0 amide bonds. The highest BCUT2D eigenvalue weighted by Gasteiger charge is 2.21. The van der Waals surface area contributed by atoms with Crippen molar-refractivity contribution >= 4 is 46.9 Å². The quantitative estimate of drug-likeness (QED) is 0.212. The van der Waals surface area contributed by atoms with Crippen molar-refractivity contribution < 1.29 is 22.2 Å². The lowest BCUT2D eigenvalue weighted by molar-refractivity contribution is -0.116. The van der Waals surface area contributed by atoms with E-state index < -0.39 is 10.1 Å². The lowest BCUT2D eigenvalue weighted by Gasteiger charge is -2.10. The van der Waals surface area contributed by atoms with Gasteiger partial charge < -0.3 is 4.18 Å². The van der Waals surface area contributed by atoms with E-state index in [-0.39, 0.29) is 40.1 Å². The highest BCUT2D eigenvalue weighted by atomic mass is 32.2. The smallest absolute Gasteiger partial charge is 0.339 e. The zero-order valence-electron chi connectivity index (χ0n) is 20.7. The van der Waals surface area contributed by atoms with Gasteiger partial charge in [-0.3, -0.25) is 9.59 Å². The van der Waals surface area contributed by atoms with Crippen LogP contribution in [0.25, 0.3) is 5.69 Å². The molecule has 7 nitrogen and oxygen atoms in total. The summed E-state index contributed by atoms with van der Waals surface area (Å²) in [6, 6.07) is 26.3. The number of aryl methyl sites for hydroxylation is 1. The Labute approximate surface area is 233 Å². The van der Waals surface area contributed by atoms with E-state index in [9.17, 15) is 18.0 Å². The van der Waals surface area contributed by atoms with Crippen molar-refractivity contribution in [1.29, 1.82) is 0 Å². The third kappa shape index (κ3) is 8.34. The minimum Gasteiger partial charge on any atom is -0.379 e. The van der Waals surface area contributed by atoms with Gasteiger partial charge in [-0.25, -0.2) is 4.68 Å². The molecule has 0 aliphatic carbocycles. The molecule has 0 saturated heterocycles. The largest absolute Gasteiger partial charge is 0.379 e. The first-order valence-electron chi connectivity index (χ1n) is 11.7. The molecule has 38 heavy (non-hydrogen) atoms. The molecule has 0 radical (unpaired) electrons. The van der Waals surface area contributed by atoms with Crippen LogP contribution in [0.1, 0.15) is 17.0 Å². The maximum Gasteiger partial charge on any atom is 0.339 e. The van der Waals surface area contributed by atoms with E-state index in [1.165, 1.54) is 6.07 Å². The van der Waals surface area contributed by atoms with Crippen molar-refractivity contribution in [3.63, 3.8) is 0 Å². The second kappa shape index (κ2) is 14.0. The Morgan fingerprint density at radius 2 is 1.37 bits per heavy atom. The van der Waals surface area contributed by atoms with E-state index >= 15 is 0 Å². The van der Waals surface area contributed by atoms with Gasteiger partial charge in [0.25, 0.3) is 0 Å². The number of hydrogen-bond acceptors (Lipinski definition) is 8. The molecule has 0 bridgehead atoms. The number of carbonyl (C=O) groups excluding carboxylic acids is 2. The molecule has 10 heteroatoms. The topological polar surface area (TPSA) is 95.3 Å². The highest BCUT2D eigenvalue weighted by molar-refractivity contribution is 7.87. The molecular weight excluding hydrogens is 541 g/mol. The van der Waals surface area contributed by atoms with E-state index in [4.69, 9.17) is 4.18 Å². The molecule has 0 spiro atoms. The van der Waals surface area contributed by atoms with Gasteiger partial charge in [0.15, 0.2) is 0 Å². The summed E-state index contributed by atoms with van der Waals surface area (Å²) in [5, 5.41) is 4.41. The predicted molar refractivity (Wildman–Crippen MR) is 154 cm³/mol. The number of rotatable bonds is 10. The summed E-state index contributed by atoms with van der Waals surface area (Å²) in [5.41, 5.74) is 3.21. The SMILES string of the molecule is Cc1cc(CC(=O)CS)n(-c2ccccc2)n1.O=C(CS)Cc1ccccc1S(=O)(=O)Oc1ccccc1. The first-order chi connectivity index (χ1) is 18.2. The Morgan fingerprint density at radius 3 is 2.00 bits per heavy atom. The van der Waals surface area contributed by atoms with E-state index in [1.807, 2.05) is 48.0 Å². The summed E-state index contributed by atoms with van der Waals surface area (Å²) in [4.78, 5) is 23.0. The molecule has 4 aromatic rings. The minimum absolute atomic E-state index is 0.00369. The number of thiol groups is 2. The van der Waals surface area contributed by atoms with Crippen LogP contribution in [0.3, 0.4) is 0 Å². The number of hydrogen-bond donors (Lipinski definition) is 2. The molecule has 0 N–H and O–H groups in total. The van der Waals surface area contributed by atoms with Crippen LogP contribution in [0.2, 0.25) is 0 Å². The fourth-order valence-corrected chi connectivity index (χ4v) is 4.92. The van der Waals surface area contributed by atoms with Crippen molar-refractivity contribution in [1.82, 2.24) is 9.78 Å². The Balaban J connectivity index is 0.000000215. The van der Waals surface area contributed by atoms with Gasteiger partial charge >= 0.3 is 10.1 Å². The average molecular weight is 569 g/mol. The van der Waals surface area contributed by atoms with Crippen LogP contribution in [0.4, 0.5) is 0 Å². The van der Waals surface area contributed by atoms with E-state index in [0.717, 1.165) is 17.1 Å². The zero-order valence-corrected chi connectivity index (χ0v) is 23.3. The van der Waals surface area contributed by atoms with Crippen LogP contribution in [0, 0.1) is 6.92 Å². The number of carbonyl (C=O) groups is 2. The van der Waals surface area contributed by atoms with Crippen LogP contribution >= 0.6 is 25.3 Å². The Hall–Kier alpha value is -3.34. The van der Waals surface area contributed by atoms with Crippen molar-refractivity contribution in [2.75, 3.05) is 11.5 Å². The van der Waals surface area contributed by atoms with Gasteiger partial charge in [-0.15, -0.1) is 0 Å². The number of nitrogens with zero attached hydrogens (tertiary/aromatic N) is 2. The third-order valence-corrected chi connectivity index (χ3v) is 7.27. The summed E-state index contributed by atoms with van der Waals surface area (Å²) in [6.45, 7) is 1.92. The van der Waals surface area contributed by atoms with Crippen molar-refractivity contribution in [3.8, 4) is 11.4 Å². The van der Waals surface area contributed by atoms with Crippen LogP contribution in [0.15, 0.2) is 95.9 Å². The minimum atomic E-state index is -3.97. The molecule has 4 rings (SSSR count). The summed E-state index contributed by atoms with van der Waals surface area (Å²) in [7, 11) is -3.97. The first kappa shape index (κ1) is 29.2. The number of Topliss-reactive ketones (excluding diaryl/α,β-unsaturated/α-hetero) is 2. The normalized spacial score (nSPS) is 10.8. The summed E-state index contributed by atoms with van der Waals surface area (Å²) in [5.74, 6) is 0.506. The van der Waals surface area contributed by atoms with Gasteiger partial charge in [0.2, 0.25) is 0 Å². The average Bonchev–Trinajstić information content (AvgIpc) is 3.29. The van der Waals surface area contributed by atoms with Gasteiger partial charge in [0, 0.05) is 24.3 Å². The highest BCUT2D eigenvalue weighted by Crippen LogP contribution is 2.22. The summed E-state index contributed by atoms with van der Waals surface area (Å²) in [6.07, 6.45) is 0.385. The van der Waals surface area contributed by atoms with E-state index in [1.54, 1.807) is 48.5 Å². The van der Waals surface area contributed by atoms with E-state index in [2.05, 4.69) is 30.4 Å². The second-order valence-electron chi connectivity index (χ2n) is 8.23. The Bertz CT molecular complexity index is 1470. The van der Waals surface area contributed by atoms with Gasteiger partial charge in [0.1, 0.15) is 22.2 Å². The monoisotopic (exact) mass is 568 g/mol. The maximum absolute atomic E-state index is 12.3. The Morgan fingerprint density at radius 1 is 0.816 bits per heavy atom. The zero-order chi connectivity index (χ0) is 27.5. The van der Waals surface area contributed by atoms with Crippen LogP contribution in [-0.4, -0.2) is 41.3 Å². The van der Waals surface area contributed by atoms with Crippen LogP contribution < -0.4 is 4.18 Å². The molecule has 0 fully saturated rings. The number of aromatic nitrogens is 2. The first-order valence-corrected chi connectivity index (χ1v) is 14.3. The molecule has 0 unspecified atom stereocenters. The van der Waals surface area contributed by atoms with Crippen LogP contribution in [-0.2, 0) is 32.5 Å². The van der Waals surface area contributed by atoms with E-state index in [0.29, 0.717) is 12.0 Å². The fraction of sp³-hybridized carbons (Fsp3) is 0.179. The van der Waals surface area contributed by atoms with Crippen molar-refractivity contribution in [2.45, 2.75) is 24.7 Å². The molecule has 1 aromatic heterocycles. The standard InChI is InChI=1S/C15H14O4S2.C13H14N2OS/c16-13(11-20)10-12-6-4-5-9-15(12)21(17,18)19-14-7-2-1-3-8-14;1-10-7-12(8-13(16)9-17)15(14-10)11-5-3-2-4-6-11/h1-9,20H,10-11H2;2-7,17H,8-9H2,1H3. The summed E-state index contributed by atoms with van der Waals surface area (Å²) < 4.78 is 31.6. The molecule has 0 atom stereocenters. The number of para-hydroxylation sites is 2. The molecule has 198 valence electrons. The fourth-order valence-electron chi connectivity index (χ4n) is 3.54. The molecule has 3 aromatic carbocycles. The second-order valence-corrected chi connectivity index (χ2v) is 10.4. The van der Waals surface area contributed by atoms with Gasteiger partial charge in [-0.05, 0) is 48.9 Å². The number of benzene rings is 3. The lowest BCUT2D eigenvalue weighted by Crippen LogP contribution is -2.14. The molecular formula is C28H28N2O5S3. The molecule has 1 heterocycles. The van der Waals surface area contributed by atoms with Crippen molar-refractivity contribution in [3.05, 3.63) is 108 Å². The molecule has 0 saturated carbocycles. The van der Waals surface area contributed by atoms with Gasteiger partial charge in [-0.2, -0.15) is 38.8 Å². The molecule has 0 aliphatic rings. The third-order valence-electron chi connectivity index (χ3n) is 5.22. The van der Waals surface area contributed by atoms with Crippen molar-refractivity contribution in [2.24, 2.45) is 0 Å². The lowest BCUT2D eigenvalue weighted by atomic mass is 10.1.